The van der Waals surface area contributed by atoms with Gasteiger partial charge in [0.1, 0.15) is 0 Å². The molecule has 0 fully saturated rings. The first kappa shape index (κ1) is 52.6. The van der Waals surface area contributed by atoms with Crippen molar-refractivity contribution >= 4 is 11.9 Å². The lowest BCUT2D eigenvalue weighted by Crippen LogP contribution is -2.45. The fraction of sp³-hybridized carbons (Fsp3) is 0.917. The molecule has 0 aromatic rings. The van der Waals surface area contributed by atoms with Gasteiger partial charge >= 0.3 is 5.97 Å². The molecule has 0 radical (unpaired) electrons. The van der Waals surface area contributed by atoms with Crippen molar-refractivity contribution in [2.24, 2.45) is 0 Å². The number of aliphatic hydroxyl groups is 2. The molecule has 6 heteroatoms. The minimum absolute atomic E-state index is 0.00463. The molecule has 3 N–H and O–H groups in total. The van der Waals surface area contributed by atoms with E-state index in [0.29, 0.717) is 19.4 Å². The van der Waals surface area contributed by atoms with Gasteiger partial charge in [-0.05, 0) is 32.1 Å². The Balaban J connectivity index is 3.43. The zero-order valence-corrected chi connectivity index (χ0v) is 36.2. The fourth-order valence-electron chi connectivity index (χ4n) is 7.34. The van der Waals surface area contributed by atoms with Crippen LogP contribution >= 0.6 is 0 Å². The highest BCUT2D eigenvalue weighted by molar-refractivity contribution is 5.76. The molecule has 0 aromatic carbocycles. The highest BCUT2D eigenvalue weighted by Crippen LogP contribution is 2.16. The number of carbonyl (C=O) groups is 2. The van der Waals surface area contributed by atoms with E-state index < -0.39 is 12.1 Å². The molecule has 0 aliphatic carbocycles. The van der Waals surface area contributed by atoms with E-state index in [4.69, 9.17) is 4.74 Å². The number of nitrogens with one attached hydrogen (secondary N) is 1. The lowest BCUT2D eigenvalue weighted by molar-refractivity contribution is -0.143. The Hall–Kier alpha value is -1.40. The Morgan fingerprint density at radius 2 is 0.852 bits per heavy atom. The highest BCUT2D eigenvalue weighted by Gasteiger charge is 2.18. The monoisotopic (exact) mass is 764 g/mol. The SMILES string of the molecule is CCCCCCCCC/C=C/C(O)C(CO)NC(=O)CCCCCCCCCCCCCCCOC(=O)CCCCCCCCCCCCCCCCC. The van der Waals surface area contributed by atoms with Crippen LogP contribution in [0.5, 0.6) is 0 Å². The summed E-state index contributed by atoms with van der Waals surface area (Å²) in [7, 11) is 0. The molecule has 6 nitrogen and oxygen atoms in total. The summed E-state index contributed by atoms with van der Waals surface area (Å²) in [6.45, 7) is 4.85. The highest BCUT2D eigenvalue weighted by atomic mass is 16.5. The first-order chi connectivity index (χ1) is 26.5. The van der Waals surface area contributed by atoms with Crippen molar-refractivity contribution in [3.05, 3.63) is 12.2 Å². The lowest BCUT2D eigenvalue weighted by atomic mass is 10.0. The van der Waals surface area contributed by atoms with Crippen molar-refractivity contribution in [3.63, 3.8) is 0 Å². The van der Waals surface area contributed by atoms with E-state index in [-0.39, 0.29) is 18.5 Å². The molecule has 1 amide bonds. The molecule has 0 heterocycles. The van der Waals surface area contributed by atoms with Crippen LogP contribution < -0.4 is 5.32 Å². The van der Waals surface area contributed by atoms with Gasteiger partial charge in [-0.1, -0.05) is 225 Å². The number of amides is 1. The first-order valence-corrected chi connectivity index (χ1v) is 24.0. The summed E-state index contributed by atoms with van der Waals surface area (Å²) < 4.78 is 5.46. The standard InChI is InChI=1S/C48H93NO5/c1-3-5-7-9-11-13-14-15-16-19-22-26-30-34-38-42-48(53)54-43-39-35-31-27-23-20-17-18-21-25-29-33-37-41-47(52)49-45(44-50)46(51)40-36-32-28-24-12-10-8-6-4-2/h36,40,45-46,50-51H,3-35,37-39,41-44H2,1-2H3,(H,49,52)/b40-36+. The van der Waals surface area contributed by atoms with Crippen molar-refractivity contribution in [3.8, 4) is 0 Å². The Morgan fingerprint density at radius 3 is 1.26 bits per heavy atom. The van der Waals surface area contributed by atoms with E-state index in [0.717, 1.165) is 57.8 Å². The fourth-order valence-corrected chi connectivity index (χ4v) is 7.34. The largest absolute Gasteiger partial charge is 0.466 e. The predicted octanol–water partition coefficient (Wildman–Crippen LogP) is 13.8. The smallest absolute Gasteiger partial charge is 0.305 e. The summed E-state index contributed by atoms with van der Waals surface area (Å²) in [6, 6.07) is -0.634. The summed E-state index contributed by atoms with van der Waals surface area (Å²) in [5.74, 6) is -0.0878. The number of rotatable bonds is 44. The van der Waals surface area contributed by atoms with Crippen molar-refractivity contribution in [2.45, 2.75) is 270 Å². The van der Waals surface area contributed by atoms with E-state index in [1.54, 1.807) is 6.08 Å². The molecule has 0 saturated heterocycles. The van der Waals surface area contributed by atoms with Crippen molar-refractivity contribution in [1.29, 1.82) is 0 Å². The van der Waals surface area contributed by atoms with E-state index in [1.807, 2.05) is 6.08 Å². The lowest BCUT2D eigenvalue weighted by Gasteiger charge is -2.20. The molecule has 320 valence electrons. The third-order valence-electron chi connectivity index (χ3n) is 11.1. The normalized spacial score (nSPS) is 12.7. The zero-order chi connectivity index (χ0) is 39.4. The summed E-state index contributed by atoms with van der Waals surface area (Å²) in [4.78, 5) is 24.4. The minimum atomic E-state index is -0.849. The van der Waals surface area contributed by atoms with Gasteiger partial charge in [0.2, 0.25) is 5.91 Å². The Morgan fingerprint density at radius 1 is 0.500 bits per heavy atom. The summed E-state index contributed by atoms with van der Waals surface area (Å²) in [6.07, 6.45) is 49.2. The number of ether oxygens (including phenoxy) is 1. The van der Waals surface area contributed by atoms with Crippen LogP contribution in [0.3, 0.4) is 0 Å². The van der Waals surface area contributed by atoms with E-state index in [9.17, 15) is 19.8 Å². The number of hydrogen-bond donors (Lipinski definition) is 3. The number of aliphatic hydroxyl groups excluding tert-OH is 2. The Kier molecular flexibility index (Phi) is 43.2. The second kappa shape index (κ2) is 44.3. The molecule has 2 atom stereocenters. The molecule has 0 aliphatic rings. The van der Waals surface area contributed by atoms with E-state index in [1.165, 1.54) is 173 Å². The van der Waals surface area contributed by atoms with Crippen LogP contribution in [0.15, 0.2) is 12.2 Å². The van der Waals surface area contributed by atoms with Crippen LogP contribution in [-0.4, -0.2) is 47.4 Å². The van der Waals surface area contributed by atoms with Crippen molar-refractivity contribution in [2.75, 3.05) is 13.2 Å². The predicted molar refractivity (Wildman–Crippen MR) is 232 cm³/mol. The molecule has 2 unspecified atom stereocenters. The van der Waals surface area contributed by atoms with E-state index in [2.05, 4.69) is 19.2 Å². The van der Waals surface area contributed by atoms with Crippen LogP contribution in [0.2, 0.25) is 0 Å². The van der Waals surface area contributed by atoms with Gasteiger partial charge in [0.05, 0.1) is 25.4 Å². The first-order valence-electron chi connectivity index (χ1n) is 24.0. The average Bonchev–Trinajstić information content (AvgIpc) is 3.17. The van der Waals surface area contributed by atoms with Gasteiger partial charge in [-0.15, -0.1) is 0 Å². The van der Waals surface area contributed by atoms with E-state index >= 15 is 0 Å². The number of esters is 1. The van der Waals surface area contributed by atoms with Gasteiger partial charge in [-0.2, -0.15) is 0 Å². The van der Waals surface area contributed by atoms with Crippen LogP contribution in [0.1, 0.15) is 258 Å². The summed E-state index contributed by atoms with van der Waals surface area (Å²) >= 11 is 0. The second-order valence-corrected chi connectivity index (χ2v) is 16.5. The third-order valence-corrected chi connectivity index (χ3v) is 11.1. The number of unbranched alkanes of at least 4 members (excludes halogenated alkanes) is 33. The number of carbonyl (C=O) groups excluding carboxylic acids is 2. The van der Waals surface area contributed by atoms with Gasteiger partial charge in [-0.3, -0.25) is 9.59 Å². The quantitative estimate of drug-likeness (QED) is 0.0326. The maximum absolute atomic E-state index is 12.3. The Labute approximate surface area is 336 Å². The van der Waals surface area contributed by atoms with Crippen molar-refractivity contribution < 1.29 is 24.5 Å². The molecule has 0 bridgehead atoms. The second-order valence-electron chi connectivity index (χ2n) is 16.5. The summed E-state index contributed by atoms with van der Waals surface area (Å²) in [5.41, 5.74) is 0. The van der Waals surface area contributed by atoms with Crippen LogP contribution in [0.4, 0.5) is 0 Å². The third kappa shape index (κ3) is 40.3. The van der Waals surface area contributed by atoms with Gasteiger partial charge in [0, 0.05) is 12.8 Å². The molecule has 0 aliphatic heterocycles. The van der Waals surface area contributed by atoms with Gasteiger partial charge < -0.3 is 20.3 Å². The minimum Gasteiger partial charge on any atom is -0.466 e. The van der Waals surface area contributed by atoms with Crippen molar-refractivity contribution in [1.82, 2.24) is 5.32 Å². The number of allylic oxidation sites excluding steroid dienone is 1. The molecule has 0 rings (SSSR count). The average molecular weight is 764 g/mol. The molecular formula is C48H93NO5. The van der Waals surface area contributed by atoms with Gasteiger partial charge in [0.25, 0.3) is 0 Å². The van der Waals surface area contributed by atoms with Crippen LogP contribution in [0.25, 0.3) is 0 Å². The van der Waals surface area contributed by atoms with Crippen LogP contribution in [-0.2, 0) is 14.3 Å². The molecule has 54 heavy (non-hydrogen) atoms. The molecular weight excluding hydrogens is 671 g/mol. The Bertz CT molecular complexity index is 802. The van der Waals surface area contributed by atoms with Crippen LogP contribution in [0, 0.1) is 0 Å². The zero-order valence-electron chi connectivity index (χ0n) is 36.2. The van der Waals surface area contributed by atoms with Gasteiger partial charge in [-0.25, -0.2) is 0 Å². The maximum Gasteiger partial charge on any atom is 0.305 e. The maximum atomic E-state index is 12.3. The topological polar surface area (TPSA) is 95.9 Å². The van der Waals surface area contributed by atoms with Gasteiger partial charge in [0.15, 0.2) is 0 Å². The number of hydrogen-bond acceptors (Lipinski definition) is 5. The summed E-state index contributed by atoms with van der Waals surface area (Å²) in [5, 5.41) is 22.9. The molecule has 0 aromatic heterocycles. The molecule has 0 saturated carbocycles. The molecule has 0 spiro atoms.